The molecule has 0 saturated heterocycles. The minimum atomic E-state index is -0.593. The zero-order chi connectivity index (χ0) is 23.9. The normalized spacial score (nSPS) is 21.8. The lowest BCUT2D eigenvalue weighted by Crippen LogP contribution is -2.38. The first-order valence-electron chi connectivity index (χ1n) is 11.5. The summed E-state index contributed by atoms with van der Waals surface area (Å²) in [6.45, 7) is 8.18. The van der Waals surface area contributed by atoms with Gasteiger partial charge in [0, 0.05) is 29.3 Å². The lowest BCUT2D eigenvalue weighted by molar-refractivity contribution is -0.137. The molecule has 1 aliphatic heterocycles. The van der Waals surface area contributed by atoms with Gasteiger partial charge < -0.3 is 19.5 Å². The Morgan fingerprint density at radius 2 is 1.88 bits per heavy atom. The fraction of sp³-hybridized carbons (Fsp3) is 0.500. The number of carbonyl (C=O) groups excluding carboxylic acids is 3. The van der Waals surface area contributed by atoms with E-state index in [1.165, 1.54) is 7.11 Å². The fourth-order valence-electron chi connectivity index (χ4n) is 4.72. The van der Waals surface area contributed by atoms with Crippen LogP contribution in [0.15, 0.2) is 40.7 Å². The average Bonchev–Trinajstić information content (AvgIpc) is 3.58. The lowest BCUT2D eigenvalue weighted by atomic mass is 9.68. The van der Waals surface area contributed by atoms with Gasteiger partial charge in [-0.25, -0.2) is 4.79 Å². The van der Waals surface area contributed by atoms with Crippen LogP contribution in [-0.2, 0) is 19.1 Å². The second kappa shape index (κ2) is 8.69. The number of ether oxygens (including phenoxy) is 3. The van der Waals surface area contributed by atoms with Crippen molar-refractivity contribution < 1.29 is 28.6 Å². The zero-order valence-corrected chi connectivity index (χ0v) is 19.9. The van der Waals surface area contributed by atoms with Gasteiger partial charge in [0.2, 0.25) is 0 Å². The van der Waals surface area contributed by atoms with Gasteiger partial charge >= 0.3 is 11.9 Å². The van der Waals surface area contributed by atoms with Crippen molar-refractivity contribution in [2.75, 3.05) is 13.7 Å². The summed E-state index contributed by atoms with van der Waals surface area (Å²) >= 11 is 0. The van der Waals surface area contributed by atoms with E-state index in [1.807, 2.05) is 13.8 Å². The van der Waals surface area contributed by atoms with E-state index in [4.69, 9.17) is 14.2 Å². The molecule has 1 aromatic rings. The molecule has 2 aliphatic carbocycles. The van der Waals surface area contributed by atoms with Crippen molar-refractivity contribution in [2.45, 2.75) is 59.3 Å². The molecule has 0 aromatic heterocycles. The molecule has 176 valence electrons. The van der Waals surface area contributed by atoms with Crippen LogP contribution >= 0.6 is 0 Å². The predicted molar refractivity (Wildman–Crippen MR) is 122 cm³/mol. The Kier molecular flexibility index (Phi) is 6.08. The number of Topliss-reactive ketones (excluding diaryl/α,β-unsaturated/α-hetero) is 1. The van der Waals surface area contributed by atoms with E-state index in [0.717, 1.165) is 18.5 Å². The SMILES string of the molecule is CCOc1cc([C@H]2C(C(=O)OC)=C(C)NC3=C2C(=O)CC(C)(C)C3)ccc1OC(=O)C1CC1. The third-order valence-corrected chi connectivity index (χ3v) is 6.37. The molecule has 1 fully saturated rings. The molecule has 0 amide bonds. The largest absolute Gasteiger partial charge is 0.490 e. The van der Waals surface area contributed by atoms with Crippen molar-refractivity contribution in [3.63, 3.8) is 0 Å². The van der Waals surface area contributed by atoms with Crippen LogP contribution in [-0.4, -0.2) is 31.4 Å². The summed E-state index contributed by atoms with van der Waals surface area (Å²) < 4.78 is 16.4. The molecule has 4 rings (SSSR count). The smallest absolute Gasteiger partial charge is 0.336 e. The maximum Gasteiger partial charge on any atom is 0.336 e. The van der Waals surface area contributed by atoms with Gasteiger partial charge in [-0.05, 0) is 56.2 Å². The third-order valence-electron chi connectivity index (χ3n) is 6.37. The molecule has 1 atom stereocenters. The van der Waals surface area contributed by atoms with Crippen LogP contribution in [0, 0.1) is 11.3 Å². The number of allylic oxidation sites excluding steroid dienone is 3. The summed E-state index contributed by atoms with van der Waals surface area (Å²) in [6, 6.07) is 5.25. The fourth-order valence-corrected chi connectivity index (χ4v) is 4.72. The molecule has 1 saturated carbocycles. The molecule has 1 heterocycles. The number of rotatable bonds is 6. The maximum atomic E-state index is 13.3. The Hall–Kier alpha value is -3.09. The molecule has 0 bridgehead atoms. The standard InChI is InChI=1S/C26H31NO6/c1-6-32-20-11-16(9-10-19(20)33-24(29)15-7-8-15)22-21(25(30)31-5)14(2)27-17-12-26(3,4)13-18(28)23(17)22/h9-11,15,22,27H,6-8,12-13H2,1-5H3/t22-/m0/s1. The number of benzene rings is 1. The maximum absolute atomic E-state index is 13.3. The topological polar surface area (TPSA) is 90.9 Å². The Balaban J connectivity index is 1.81. The van der Waals surface area contributed by atoms with Crippen molar-refractivity contribution in [1.29, 1.82) is 0 Å². The summed E-state index contributed by atoms with van der Waals surface area (Å²) in [5.74, 6) is -0.620. The van der Waals surface area contributed by atoms with Crippen LogP contribution in [0.5, 0.6) is 11.5 Å². The van der Waals surface area contributed by atoms with E-state index in [-0.39, 0.29) is 23.1 Å². The lowest BCUT2D eigenvalue weighted by Gasteiger charge is -2.39. The molecular weight excluding hydrogens is 422 g/mol. The number of ketones is 1. The van der Waals surface area contributed by atoms with Gasteiger partial charge in [-0.1, -0.05) is 19.9 Å². The predicted octanol–water partition coefficient (Wildman–Crippen LogP) is 4.18. The highest BCUT2D eigenvalue weighted by Crippen LogP contribution is 2.48. The molecule has 3 aliphatic rings. The van der Waals surface area contributed by atoms with Gasteiger partial charge in [0.05, 0.1) is 25.2 Å². The average molecular weight is 454 g/mol. The van der Waals surface area contributed by atoms with E-state index in [9.17, 15) is 14.4 Å². The molecule has 1 N–H and O–H groups in total. The van der Waals surface area contributed by atoms with Gasteiger partial charge in [0.1, 0.15) is 0 Å². The summed E-state index contributed by atoms with van der Waals surface area (Å²) in [4.78, 5) is 38.4. The number of nitrogens with one attached hydrogen (secondary N) is 1. The highest BCUT2D eigenvalue weighted by Gasteiger charge is 2.43. The van der Waals surface area contributed by atoms with E-state index in [1.54, 1.807) is 18.2 Å². The number of hydrogen-bond acceptors (Lipinski definition) is 7. The van der Waals surface area contributed by atoms with Crippen molar-refractivity contribution in [3.8, 4) is 11.5 Å². The van der Waals surface area contributed by atoms with Crippen LogP contribution in [0.1, 0.15) is 64.9 Å². The minimum Gasteiger partial charge on any atom is -0.490 e. The van der Waals surface area contributed by atoms with Gasteiger partial charge in [-0.15, -0.1) is 0 Å². The molecule has 0 radical (unpaired) electrons. The quantitative estimate of drug-likeness (QED) is 0.510. The molecule has 7 nitrogen and oxygen atoms in total. The van der Waals surface area contributed by atoms with Crippen molar-refractivity contribution in [2.24, 2.45) is 11.3 Å². The van der Waals surface area contributed by atoms with E-state index in [2.05, 4.69) is 19.2 Å². The molecular formula is C26H31NO6. The number of dihydropyridines is 1. The van der Waals surface area contributed by atoms with E-state index < -0.39 is 11.9 Å². The molecule has 33 heavy (non-hydrogen) atoms. The molecule has 0 unspecified atom stereocenters. The summed E-state index contributed by atoms with van der Waals surface area (Å²) in [5.41, 5.74) is 3.03. The van der Waals surface area contributed by atoms with Crippen LogP contribution in [0.25, 0.3) is 0 Å². The Labute approximate surface area is 194 Å². The number of esters is 2. The summed E-state index contributed by atoms with van der Waals surface area (Å²) in [5, 5.41) is 3.30. The molecule has 7 heteroatoms. The van der Waals surface area contributed by atoms with Crippen molar-refractivity contribution in [3.05, 3.63) is 46.3 Å². The summed E-state index contributed by atoms with van der Waals surface area (Å²) in [7, 11) is 1.33. The second-order valence-corrected chi connectivity index (χ2v) is 9.76. The highest BCUT2D eigenvalue weighted by atomic mass is 16.6. The number of carbonyl (C=O) groups is 3. The minimum absolute atomic E-state index is 0.00912. The monoisotopic (exact) mass is 453 g/mol. The first-order chi connectivity index (χ1) is 15.6. The number of hydrogen-bond donors (Lipinski definition) is 1. The van der Waals surface area contributed by atoms with Crippen molar-refractivity contribution >= 4 is 17.7 Å². The molecule has 0 spiro atoms. The Morgan fingerprint density at radius 3 is 2.52 bits per heavy atom. The van der Waals surface area contributed by atoms with Gasteiger partial charge in [0.15, 0.2) is 17.3 Å². The van der Waals surface area contributed by atoms with Crippen LogP contribution in [0.3, 0.4) is 0 Å². The van der Waals surface area contributed by atoms with Gasteiger partial charge in [-0.3, -0.25) is 9.59 Å². The number of methoxy groups -OCH3 is 1. The Morgan fingerprint density at radius 1 is 1.15 bits per heavy atom. The highest BCUT2D eigenvalue weighted by molar-refractivity contribution is 6.04. The second-order valence-electron chi connectivity index (χ2n) is 9.76. The van der Waals surface area contributed by atoms with Gasteiger partial charge in [-0.2, -0.15) is 0 Å². The van der Waals surface area contributed by atoms with Crippen LogP contribution in [0.2, 0.25) is 0 Å². The molecule has 1 aromatic carbocycles. The Bertz CT molecular complexity index is 1080. The van der Waals surface area contributed by atoms with E-state index >= 15 is 0 Å². The van der Waals surface area contributed by atoms with E-state index in [0.29, 0.717) is 53.4 Å². The first-order valence-corrected chi connectivity index (χ1v) is 11.5. The summed E-state index contributed by atoms with van der Waals surface area (Å²) in [6.07, 6.45) is 2.79. The third kappa shape index (κ3) is 4.54. The van der Waals surface area contributed by atoms with Crippen LogP contribution in [0.4, 0.5) is 0 Å². The first kappa shape index (κ1) is 23.1. The van der Waals surface area contributed by atoms with Gasteiger partial charge in [0.25, 0.3) is 0 Å². The zero-order valence-electron chi connectivity index (χ0n) is 19.9. The van der Waals surface area contributed by atoms with Crippen molar-refractivity contribution in [1.82, 2.24) is 5.32 Å². The van der Waals surface area contributed by atoms with Crippen LogP contribution < -0.4 is 14.8 Å².